The SMILES string of the molecule is Nc1cn[nH]c1-c1cnco1. The summed E-state index contributed by atoms with van der Waals surface area (Å²) in [5, 5.41) is 6.44. The molecule has 0 aliphatic heterocycles. The quantitative estimate of drug-likeness (QED) is 0.625. The van der Waals surface area contributed by atoms with Crippen molar-refractivity contribution in [3.63, 3.8) is 0 Å². The lowest BCUT2D eigenvalue weighted by atomic mass is 10.3. The molecule has 0 fully saturated rings. The topological polar surface area (TPSA) is 80.7 Å². The number of aromatic amines is 1. The van der Waals surface area contributed by atoms with Crippen molar-refractivity contribution in [2.45, 2.75) is 0 Å². The fraction of sp³-hybridized carbons (Fsp3) is 0. The molecule has 5 heteroatoms. The lowest BCUT2D eigenvalue weighted by molar-refractivity contribution is 0.570. The molecule has 0 unspecified atom stereocenters. The summed E-state index contributed by atoms with van der Waals surface area (Å²) >= 11 is 0. The molecule has 0 radical (unpaired) electrons. The van der Waals surface area contributed by atoms with Gasteiger partial charge in [0.15, 0.2) is 12.2 Å². The van der Waals surface area contributed by atoms with Gasteiger partial charge in [0.05, 0.1) is 18.1 Å². The second-order valence-corrected chi connectivity index (χ2v) is 2.07. The highest BCUT2D eigenvalue weighted by atomic mass is 16.3. The Morgan fingerprint density at radius 3 is 2.91 bits per heavy atom. The molecule has 56 valence electrons. The van der Waals surface area contributed by atoms with Crippen molar-refractivity contribution in [3.05, 3.63) is 18.8 Å². The van der Waals surface area contributed by atoms with Gasteiger partial charge in [-0.3, -0.25) is 5.10 Å². The first kappa shape index (κ1) is 5.96. The van der Waals surface area contributed by atoms with Crippen molar-refractivity contribution in [3.8, 4) is 11.5 Å². The minimum atomic E-state index is 0.557. The number of rotatable bonds is 1. The van der Waals surface area contributed by atoms with E-state index in [4.69, 9.17) is 10.2 Å². The zero-order valence-electron chi connectivity index (χ0n) is 5.61. The van der Waals surface area contributed by atoms with Crippen molar-refractivity contribution in [1.82, 2.24) is 15.2 Å². The van der Waals surface area contributed by atoms with E-state index in [2.05, 4.69) is 15.2 Å². The number of nitrogens with two attached hydrogens (primary N) is 1. The summed E-state index contributed by atoms with van der Waals surface area (Å²) in [4.78, 5) is 3.75. The Kier molecular flexibility index (Phi) is 1.15. The molecule has 0 aliphatic carbocycles. The Bertz CT molecular complexity index is 337. The summed E-state index contributed by atoms with van der Waals surface area (Å²) in [5.74, 6) is 0.597. The Morgan fingerprint density at radius 1 is 1.45 bits per heavy atom. The van der Waals surface area contributed by atoms with E-state index in [0.29, 0.717) is 17.1 Å². The molecule has 11 heavy (non-hydrogen) atoms. The van der Waals surface area contributed by atoms with Gasteiger partial charge in [-0.2, -0.15) is 5.10 Å². The van der Waals surface area contributed by atoms with Crippen LogP contribution in [-0.4, -0.2) is 15.2 Å². The average Bonchev–Trinajstić information content (AvgIpc) is 2.55. The number of H-pyrrole nitrogens is 1. The molecule has 0 spiro atoms. The summed E-state index contributed by atoms with van der Waals surface area (Å²) in [6, 6.07) is 0. The lowest BCUT2D eigenvalue weighted by Crippen LogP contribution is -1.84. The molecule has 2 heterocycles. The molecule has 0 aromatic carbocycles. The molecule has 2 rings (SSSR count). The molecule has 0 saturated heterocycles. The monoisotopic (exact) mass is 150 g/mol. The van der Waals surface area contributed by atoms with Crippen molar-refractivity contribution >= 4 is 5.69 Å². The number of nitrogens with one attached hydrogen (secondary N) is 1. The van der Waals surface area contributed by atoms with E-state index in [-0.39, 0.29) is 0 Å². The van der Waals surface area contributed by atoms with Crippen LogP contribution in [0.15, 0.2) is 23.2 Å². The van der Waals surface area contributed by atoms with E-state index in [1.165, 1.54) is 12.6 Å². The van der Waals surface area contributed by atoms with Gasteiger partial charge < -0.3 is 10.2 Å². The van der Waals surface area contributed by atoms with Crippen molar-refractivity contribution in [2.75, 3.05) is 5.73 Å². The molecular weight excluding hydrogens is 144 g/mol. The first-order valence-electron chi connectivity index (χ1n) is 3.05. The first-order chi connectivity index (χ1) is 5.38. The maximum Gasteiger partial charge on any atom is 0.181 e. The summed E-state index contributed by atoms with van der Waals surface area (Å²) in [7, 11) is 0. The molecule has 2 aromatic heterocycles. The largest absolute Gasteiger partial charge is 0.442 e. The van der Waals surface area contributed by atoms with Crippen LogP contribution in [-0.2, 0) is 0 Å². The van der Waals surface area contributed by atoms with E-state index in [0.717, 1.165) is 0 Å². The third-order valence-electron chi connectivity index (χ3n) is 1.35. The maximum absolute atomic E-state index is 5.55. The molecule has 0 aliphatic rings. The number of oxazole rings is 1. The first-order valence-corrected chi connectivity index (χ1v) is 3.05. The minimum Gasteiger partial charge on any atom is -0.442 e. The molecule has 0 atom stereocenters. The number of anilines is 1. The lowest BCUT2D eigenvalue weighted by Gasteiger charge is -1.89. The van der Waals surface area contributed by atoms with E-state index < -0.39 is 0 Å². The number of hydrogen-bond acceptors (Lipinski definition) is 4. The third-order valence-corrected chi connectivity index (χ3v) is 1.35. The molecule has 0 bridgehead atoms. The van der Waals surface area contributed by atoms with Gasteiger partial charge in [-0.1, -0.05) is 0 Å². The van der Waals surface area contributed by atoms with E-state index in [1.807, 2.05) is 0 Å². The molecule has 0 saturated carbocycles. The van der Waals surface area contributed by atoms with Crippen molar-refractivity contribution in [2.24, 2.45) is 0 Å². The molecule has 2 aromatic rings. The van der Waals surface area contributed by atoms with Crippen molar-refractivity contribution < 1.29 is 4.42 Å². The summed E-state index contributed by atoms with van der Waals surface area (Å²) in [5.41, 5.74) is 6.78. The zero-order chi connectivity index (χ0) is 7.68. The standard InChI is InChI=1S/C6H6N4O/c7-4-1-9-10-6(4)5-2-8-3-11-5/h1-3H,7H2,(H,9,10). The predicted molar refractivity (Wildman–Crippen MR) is 38.5 cm³/mol. The van der Waals surface area contributed by atoms with Crippen LogP contribution in [0.3, 0.4) is 0 Å². The molecule has 5 nitrogen and oxygen atoms in total. The average molecular weight is 150 g/mol. The maximum atomic E-state index is 5.55. The van der Waals surface area contributed by atoms with Gasteiger partial charge in [0.2, 0.25) is 0 Å². The fourth-order valence-corrected chi connectivity index (χ4v) is 0.832. The van der Waals surface area contributed by atoms with E-state index in [1.54, 1.807) is 6.20 Å². The number of hydrogen-bond donors (Lipinski definition) is 2. The highest BCUT2D eigenvalue weighted by molar-refractivity contribution is 5.66. The molecular formula is C6H6N4O. The highest BCUT2D eigenvalue weighted by Crippen LogP contribution is 2.21. The second-order valence-electron chi connectivity index (χ2n) is 2.07. The van der Waals surface area contributed by atoms with Crippen LogP contribution in [0.1, 0.15) is 0 Å². The summed E-state index contributed by atoms with van der Waals surface area (Å²) in [6.45, 7) is 0. The van der Waals surface area contributed by atoms with Crippen molar-refractivity contribution in [1.29, 1.82) is 0 Å². The van der Waals surface area contributed by atoms with Gasteiger partial charge in [-0.15, -0.1) is 0 Å². The van der Waals surface area contributed by atoms with Gasteiger partial charge in [-0.25, -0.2) is 4.98 Å². The summed E-state index contributed by atoms with van der Waals surface area (Å²) in [6.07, 6.45) is 4.44. The van der Waals surface area contributed by atoms with E-state index >= 15 is 0 Å². The number of nitrogen functional groups attached to an aromatic ring is 1. The zero-order valence-corrected chi connectivity index (χ0v) is 5.61. The second kappa shape index (κ2) is 2.12. The van der Waals surface area contributed by atoms with Gasteiger partial charge in [0.25, 0.3) is 0 Å². The Balaban J connectivity index is 2.53. The fourth-order valence-electron chi connectivity index (χ4n) is 0.832. The van der Waals surface area contributed by atoms with Crippen LogP contribution < -0.4 is 5.73 Å². The van der Waals surface area contributed by atoms with Gasteiger partial charge in [-0.05, 0) is 0 Å². The number of nitrogens with zero attached hydrogens (tertiary/aromatic N) is 2. The highest BCUT2D eigenvalue weighted by Gasteiger charge is 2.06. The minimum absolute atomic E-state index is 0.557. The summed E-state index contributed by atoms with van der Waals surface area (Å²) < 4.78 is 5.00. The van der Waals surface area contributed by atoms with Gasteiger partial charge in [0.1, 0.15) is 5.69 Å². The van der Waals surface area contributed by atoms with Crippen LogP contribution >= 0.6 is 0 Å². The third kappa shape index (κ3) is 0.861. The van der Waals surface area contributed by atoms with Crippen LogP contribution in [0.25, 0.3) is 11.5 Å². The van der Waals surface area contributed by atoms with Gasteiger partial charge >= 0.3 is 0 Å². The Morgan fingerprint density at radius 2 is 2.36 bits per heavy atom. The van der Waals surface area contributed by atoms with E-state index in [9.17, 15) is 0 Å². The molecule has 3 N–H and O–H groups in total. The van der Waals surface area contributed by atoms with Crippen LogP contribution in [0.2, 0.25) is 0 Å². The Hall–Kier alpha value is -1.78. The normalized spacial score (nSPS) is 10.2. The van der Waals surface area contributed by atoms with Crippen LogP contribution in [0, 0.1) is 0 Å². The van der Waals surface area contributed by atoms with Gasteiger partial charge in [0, 0.05) is 0 Å². The number of aromatic nitrogens is 3. The smallest absolute Gasteiger partial charge is 0.181 e. The van der Waals surface area contributed by atoms with Crippen LogP contribution in [0.5, 0.6) is 0 Å². The predicted octanol–water partition coefficient (Wildman–Crippen LogP) is 0.647. The molecule has 0 amide bonds. The van der Waals surface area contributed by atoms with Crippen LogP contribution in [0.4, 0.5) is 5.69 Å². The Labute approximate surface area is 62.2 Å².